The number of carbonyl (C=O) groups excluding carboxylic acids is 2. The van der Waals surface area contributed by atoms with Crippen molar-refractivity contribution in [2.24, 2.45) is 0 Å². The highest BCUT2D eigenvalue weighted by Crippen LogP contribution is 2.36. The molecule has 3 aromatic rings. The van der Waals surface area contributed by atoms with E-state index in [0.717, 1.165) is 49.7 Å². The van der Waals surface area contributed by atoms with Gasteiger partial charge in [-0.2, -0.15) is 0 Å². The molecule has 1 aliphatic carbocycles. The first-order chi connectivity index (χ1) is 15.6. The van der Waals surface area contributed by atoms with E-state index >= 15 is 0 Å². The lowest BCUT2D eigenvalue weighted by Crippen LogP contribution is -2.51. The first-order valence-electron chi connectivity index (χ1n) is 11.1. The Hall–Kier alpha value is -3.51. The van der Waals surface area contributed by atoms with Gasteiger partial charge in [0.15, 0.2) is 5.78 Å². The predicted octanol–water partition coefficient (Wildman–Crippen LogP) is 3.23. The lowest BCUT2D eigenvalue weighted by atomic mass is 10.0. The number of anilines is 1. The second kappa shape index (κ2) is 8.55. The first kappa shape index (κ1) is 20.4. The minimum atomic E-state index is -0.142. The number of piperazine rings is 1. The minimum Gasteiger partial charge on any atom is -0.354 e. The van der Waals surface area contributed by atoms with Gasteiger partial charge in [-0.15, -0.1) is 0 Å². The van der Waals surface area contributed by atoms with Crippen molar-refractivity contribution in [2.75, 3.05) is 37.6 Å². The zero-order valence-corrected chi connectivity index (χ0v) is 18.1. The SMILES string of the molecule is CC(CN1CCN(c2ccccn2)CC1)NC(=O)c1ccc2c(c1)C(=O)c1ccccc1-2. The molecule has 0 bridgehead atoms. The second-order valence-corrected chi connectivity index (χ2v) is 8.49. The van der Waals surface area contributed by atoms with Gasteiger partial charge in [0, 0.05) is 61.7 Å². The molecule has 0 spiro atoms. The summed E-state index contributed by atoms with van der Waals surface area (Å²) in [4.78, 5) is 34.7. The average molecular weight is 427 g/mol. The Morgan fingerprint density at radius 1 is 0.938 bits per heavy atom. The number of benzene rings is 2. The summed E-state index contributed by atoms with van der Waals surface area (Å²) in [6, 6.07) is 19.0. The fourth-order valence-electron chi connectivity index (χ4n) is 4.61. The van der Waals surface area contributed by atoms with E-state index in [2.05, 4.69) is 20.1 Å². The second-order valence-electron chi connectivity index (χ2n) is 8.49. The van der Waals surface area contributed by atoms with Gasteiger partial charge in [0.05, 0.1) is 0 Å². The Morgan fingerprint density at radius 3 is 2.41 bits per heavy atom. The number of hydrogen-bond donors (Lipinski definition) is 1. The number of amides is 1. The number of aromatic nitrogens is 1. The molecule has 1 atom stereocenters. The molecule has 2 heterocycles. The summed E-state index contributed by atoms with van der Waals surface area (Å²) >= 11 is 0. The molecule has 1 unspecified atom stereocenters. The lowest BCUT2D eigenvalue weighted by molar-refractivity contribution is 0.0928. The van der Waals surface area contributed by atoms with Crippen molar-refractivity contribution in [3.8, 4) is 11.1 Å². The summed E-state index contributed by atoms with van der Waals surface area (Å²) < 4.78 is 0. The quantitative estimate of drug-likeness (QED) is 0.531. The van der Waals surface area contributed by atoms with Crippen LogP contribution in [0.25, 0.3) is 11.1 Å². The van der Waals surface area contributed by atoms with Gasteiger partial charge in [0.2, 0.25) is 0 Å². The molecule has 1 saturated heterocycles. The molecule has 0 saturated carbocycles. The van der Waals surface area contributed by atoms with Gasteiger partial charge in [-0.25, -0.2) is 4.98 Å². The van der Waals surface area contributed by atoms with E-state index in [0.29, 0.717) is 16.7 Å². The van der Waals surface area contributed by atoms with Crippen molar-refractivity contribution in [3.63, 3.8) is 0 Å². The summed E-state index contributed by atoms with van der Waals surface area (Å²) in [5, 5.41) is 3.10. The Bertz CT molecular complexity index is 1150. The number of pyridine rings is 1. The number of hydrogen-bond acceptors (Lipinski definition) is 5. The maximum absolute atomic E-state index is 12.9. The largest absolute Gasteiger partial charge is 0.354 e. The molecular formula is C26H26N4O2. The van der Waals surface area contributed by atoms with Gasteiger partial charge < -0.3 is 10.2 Å². The summed E-state index contributed by atoms with van der Waals surface area (Å²) in [7, 11) is 0. The lowest BCUT2D eigenvalue weighted by Gasteiger charge is -2.36. The standard InChI is InChI=1S/C26H26N4O2/c1-18(17-29-12-14-30(15-13-29)24-8-4-5-11-27-24)28-26(32)19-9-10-21-20-6-2-3-7-22(20)25(31)23(21)16-19/h2-11,16,18H,12-15,17H2,1H3,(H,28,32). The van der Waals surface area contributed by atoms with Crippen molar-refractivity contribution >= 4 is 17.5 Å². The molecule has 162 valence electrons. The summed E-state index contributed by atoms with van der Waals surface area (Å²) in [6.07, 6.45) is 1.82. The van der Waals surface area contributed by atoms with E-state index in [9.17, 15) is 9.59 Å². The number of carbonyl (C=O) groups is 2. The fourth-order valence-corrected chi connectivity index (χ4v) is 4.61. The molecule has 32 heavy (non-hydrogen) atoms. The van der Waals surface area contributed by atoms with Crippen LogP contribution >= 0.6 is 0 Å². The van der Waals surface area contributed by atoms with E-state index in [1.165, 1.54) is 0 Å². The Labute approximate surface area is 187 Å². The van der Waals surface area contributed by atoms with E-state index in [1.807, 2.05) is 67.7 Å². The maximum atomic E-state index is 12.9. The summed E-state index contributed by atoms with van der Waals surface area (Å²) in [5.74, 6) is 0.863. The summed E-state index contributed by atoms with van der Waals surface area (Å²) in [6.45, 7) is 6.52. The van der Waals surface area contributed by atoms with Crippen LogP contribution in [0.5, 0.6) is 0 Å². The van der Waals surface area contributed by atoms with Crippen LogP contribution < -0.4 is 10.2 Å². The van der Waals surface area contributed by atoms with E-state index < -0.39 is 0 Å². The van der Waals surface area contributed by atoms with Crippen LogP contribution in [0.2, 0.25) is 0 Å². The number of nitrogens with one attached hydrogen (secondary N) is 1. The van der Waals surface area contributed by atoms with Crippen LogP contribution in [0.4, 0.5) is 5.82 Å². The van der Waals surface area contributed by atoms with Gasteiger partial charge in [0.25, 0.3) is 5.91 Å². The molecule has 2 aromatic carbocycles. The number of fused-ring (bicyclic) bond motifs is 3. The molecule has 1 aliphatic heterocycles. The highest BCUT2D eigenvalue weighted by Gasteiger charge is 2.27. The van der Waals surface area contributed by atoms with Crippen LogP contribution in [-0.2, 0) is 0 Å². The van der Waals surface area contributed by atoms with E-state index in [-0.39, 0.29) is 17.7 Å². The maximum Gasteiger partial charge on any atom is 0.251 e. The van der Waals surface area contributed by atoms with Crippen molar-refractivity contribution in [2.45, 2.75) is 13.0 Å². The molecule has 5 rings (SSSR count). The molecule has 2 aliphatic rings. The molecule has 0 radical (unpaired) electrons. The van der Waals surface area contributed by atoms with Gasteiger partial charge in [0.1, 0.15) is 5.82 Å². The average Bonchev–Trinajstić information content (AvgIpc) is 3.12. The molecule has 6 nitrogen and oxygen atoms in total. The van der Waals surface area contributed by atoms with Gasteiger partial charge >= 0.3 is 0 Å². The Balaban J connectivity index is 1.18. The van der Waals surface area contributed by atoms with Gasteiger partial charge in [-0.05, 0) is 42.3 Å². The number of nitrogens with zero attached hydrogens (tertiary/aromatic N) is 3. The normalized spacial score (nSPS) is 16.4. The van der Waals surface area contributed by atoms with Crippen LogP contribution in [-0.4, -0.2) is 60.3 Å². The summed E-state index contributed by atoms with van der Waals surface area (Å²) in [5.41, 5.74) is 3.69. The predicted molar refractivity (Wildman–Crippen MR) is 125 cm³/mol. The third-order valence-corrected chi connectivity index (χ3v) is 6.24. The smallest absolute Gasteiger partial charge is 0.251 e. The van der Waals surface area contributed by atoms with E-state index in [4.69, 9.17) is 0 Å². The van der Waals surface area contributed by atoms with Crippen molar-refractivity contribution in [1.82, 2.24) is 15.2 Å². The molecule has 1 amide bonds. The molecule has 1 N–H and O–H groups in total. The van der Waals surface area contributed by atoms with E-state index in [1.54, 1.807) is 6.07 Å². The highest BCUT2D eigenvalue weighted by atomic mass is 16.1. The van der Waals surface area contributed by atoms with Crippen LogP contribution in [0.1, 0.15) is 33.2 Å². The van der Waals surface area contributed by atoms with Crippen LogP contribution in [0.15, 0.2) is 66.9 Å². The van der Waals surface area contributed by atoms with Crippen molar-refractivity contribution < 1.29 is 9.59 Å². The van der Waals surface area contributed by atoms with Crippen molar-refractivity contribution in [1.29, 1.82) is 0 Å². The molecule has 1 fully saturated rings. The fraction of sp³-hybridized carbons (Fsp3) is 0.269. The van der Waals surface area contributed by atoms with Crippen LogP contribution in [0.3, 0.4) is 0 Å². The third-order valence-electron chi connectivity index (χ3n) is 6.24. The minimum absolute atomic E-state index is 0.00468. The van der Waals surface area contributed by atoms with Gasteiger partial charge in [-0.3, -0.25) is 14.5 Å². The Morgan fingerprint density at radius 2 is 1.66 bits per heavy atom. The van der Waals surface area contributed by atoms with Crippen molar-refractivity contribution in [3.05, 3.63) is 83.6 Å². The monoisotopic (exact) mass is 426 g/mol. The zero-order chi connectivity index (χ0) is 22.1. The first-order valence-corrected chi connectivity index (χ1v) is 11.1. The molecule has 6 heteroatoms. The topological polar surface area (TPSA) is 65.5 Å². The number of ketones is 1. The zero-order valence-electron chi connectivity index (χ0n) is 18.1. The Kier molecular flexibility index (Phi) is 5.45. The highest BCUT2D eigenvalue weighted by molar-refractivity contribution is 6.22. The van der Waals surface area contributed by atoms with Crippen LogP contribution in [0, 0.1) is 0 Å². The third kappa shape index (κ3) is 3.89. The van der Waals surface area contributed by atoms with Gasteiger partial charge in [-0.1, -0.05) is 36.4 Å². The molecule has 1 aromatic heterocycles. The molecular weight excluding hydrogens is 400 g/mol. The number of rotatable bonds is 5.